The van der Waals surface area contributed by atoms with E-state index in [1.807, 2.05) is 0 Å². The van der Waals surface area contributed by atoms with E-state index in [0.29, 0.717) is 43.8 Å². The molecule has 0 saturated heterocycles. The summed E-state index contributed by atoms with van der Waals surface area (Å²) in [6.45, 7) is 6.97. The SMILES string of the molecule is Cc1ccc2c3ccc(C(F)(F)F)cc3n(-c3c(-n4c5cc(C)ccc5c5ccc(C(F)(F)F)cc54)c(-n4c5cc(C)ccc5c5ccc(C(F)(F)F)cc54)c4nonc4c3-n3c4cc(C)ccc4c4ccc(C(F)(F)F)cc43)c2c1. The van der Waals surface area contributed by atoms with Gasteiger partial charge in [0.1, 0.15) is 11.4 Å². The van der Waals surface area contributed by atoms with Crippen LogP contribution < -0.4 is 0 Å². The zero-order valence-electron chi connectivity index (χ0n) is 42.5. The third-order valence-corrected chi connectivity index (χ3v) is 15.5. The molecule has 81 heavy (non-hydrogen) atoms. The van der Waals surface area contributed by atoms with Crippen molar-refractivity contribution in [2.24, 2.45) is 0 Å². The van der Waals surface area contributed by atoms with E-state index in [9.17, 15) is 0 Å². The second kappa shape index (κ2) is 16.7. The number of hydrogen-bond donors (Lipinski definition) is 0. The molecule has 0 aliphatic heterocycles. The zero-order chi connectivity index (χ0) is 56.7. The lowest BCUT2D eigenvalue weighted by Gasteiger charge is -2.26. The number of aromatic nitrogens is 6. The Morgan fingerprint density at radius 3 is 0.691 bits per heavy atom. The Bertz CT molecular complexity index is 4750. The average Bonchev–Trinajstić information content (AvgIpc) is 4.43. The van der Waals surface area contributed by atoms with E-state index in [2.05, 4.69) is 10.3 Å². The molecule has 0 unspecified atom stereocenters. The van der Waals surface area contributed by atoms with Gasteiger partial charge in [0.15, 0.2) is 11.0 Å². The fourth-order valence-corrected chi connectivity index (χ4v) is 12.0. The van der Waals surface area contributed by atoms with Gasteiger partial charge >= 0.3 is 24.7 Å². The van der Waals surface area contributed by atoms with Crippen molar-refractivity contribution < 1.29 is 57.3 Å². The molecule has 5 heterocycles. The van der Waals surface area contributed by atoms with Gasteiger partial charge in [0.25, 0.3) is 0 Å². The lowest BCUT2D eigenvalue weighted by molar-refractivity contribution is -0.138. The van der Waals surface area contributed by atoms with Crippen molar-refractivity contribution in [2.75, 3.05) is 0 Å². The Kier molecular flexibility index (Phi) is 10.3. The first-order valence-electron chi connectivity index (χ1n) is 25.2. The van der Waals surface area contributed by atoms with Gasteiger partial charge in [0.05, 0.1) is 77.8 Å². The Hall–Kier alpha value is -9.26. The normalized spacial score (nSPS) is 13.2. The maximum Gasteiger partial charge on any atom is 0.416 e. The smallest absolute Gasteiger partial charge is 0.305 e. The van der Waals surface area contributed by atoms with Gasteiger partial charge in [-0.05, 0) is 133 Å². The van der Waals surface area contributed by atoms with Gasteiger partial charge in [0, 0.05) is 43.1 Å². The standard InChI is InChI=1S/C62H36F12N6O/c1-29-5-13-37-41-17-9-33(59(63,64)65)25-49(41)77(45(37)21-29)55-53-54(76-81-75-53)56(78-46-22-30(2)6-14-38(46)42-18-10-34(26-50(42)78)60(66,67)68)58(80-48-24-32(4)8-16-40(48)44-20-12-36(28-52(44)80)62(72,73)74)57(55)79-47-23-31(3)7-15-39(47)43-19-11-35(27-51(43)79)61(69,70)71/h5-28H,1-4H3. The summed E-state index contributed by atoms with van der Waals surface area (Å²) in [5, 5.41) is 11.8. The number of hydrogen-bond acceptors (Lipinski definition) is 3. The summed E-state index contributed by atoms with van der Waals surface area (Å²) in [7, 11) is 0. The third kappa shape index (κ3) is 7.39. The average molecular weight is 1110 g/mol. The molecule has 19 heteroatoms. The van der Waals surface area contributed by atoms with E-state index in [1.54, 1.807) is 100 Å². The number of fused-ring (bicyclic) bond motifs is 13. The highest BCUT2D eigenvalue weighted by molar-refractivity contribution is 6.19. The molecule has 0 atom stereocenters. The second-order valence-electron chi connectivity index (χ2n) is 20.7. The van der Waals surface area contributed by atoms with Crippen LogP contribution in [-0.4, -0.2) is 28.6 Å². The summed E-state index contributed by atoms with van der Waals surface area (Å²) < 4.78 is 195. The van der Waals surface area contributed by atoms with Crippen LogP contribution in [0, 0.1) is 27.7 Å². The molecule has 0 N–H and O–H groups in total. The van der Waals surface area contributed by atoms with Crippen LogP contribution in [0.3, 0.4) is 0 Å². The first kappa shape index (κ1) is 50.0. The van der Waals surface area contributed by atoms with Gasteiger partial charge < -0.3 is 18.3 Å². The fourth-order valence-electron chi connectivity index (χ4n) is 12.0. The molecule has 0 bridgehead atoms. The zero-order valence-corrected chi connectivity index (χ0v) is 42.5. The van der Waals surface area contributed by atoms with E-state index in [-0.39, 0.29) is 99.5 Å². The monoisotopic (exact) mass is 1110 g/mol. The Morgan fingerprint density at radius 2 is 0.469 bits per heavy atom. The van der Waals surface area contributed by atoms with Gasteiger partial charge in [-0.1, -0.05) is 72.8 Å². The van der Waals surface area contributed by atoms with Crippen molar-refractivity contribution in [3.05, 3.63) is 190 Å². The molecule has 404 valence electrons. The summed E-state index contributed by atoms with van der Waals surface area (Å²) in [5.74, 6) is 0. The summed E-state index contributed by atoms with van der Waals surface area (Å²) in [5.41, 5.74) is -2.49. The molecule has 14 rings (SSSR count). The molecule has 5 aromatic heterocycles. The number of nitrogens with zero attached hydrogens (tertiary/aromatic N) is 6. The van der Waals surface area contributed by atoms with Crippen LogP contribution in [0.4, 0.5) is 52.7 Å². The van der Waals surface area contributed by atoms with E-state index in [0.717, 1.165) is 48.5 Å². The second-order valence-corrected chi connectivity index (χ2v) is 20.7. The van der Waals surface area contributed by atoms with E-state index >= 15 is 52.7 Å². The molecular formula is C62H36F12N6O. The van der Waals surface area contributed by atoms with Crippen LogP contribution in [0.2, 0.25) is 0 Å². The number of aryl methyl sites for hydroxylation is 4. The van der Waals surface area contributed by atoms with Crippen molar-refractivity contribution in [1.82, 2.24) is 28.6 Å². The molecule has 0 aliphatic carbocycles. The largest absolute Gasteiger partial charge is 0.416 e. The maximum atomic E-state index is 15.4. The van der Waals surface area contributed by atoms with Crippen LogP contribution in [0.15, 0.2) is 150 Å². The summed E-state index contributed by atoms with van der Waals surface area (Å²) in [6.07, 6.45) is -19.8. The predicted octanol–water partition coefficient (Wildman–Crippen LogP) is 18.9. The van der Waals surface area contributed by atoms with Gasteiger partial charge in [0.2, 0.25) is 0 Å². The van der Waals surface area contributed by atoms with E-state index < -0.39 is 47.0 Å². The van der Waals surface area contributed by atoms with Crippen LogP contribution in [0.25, 0.3) is 121 Å². The summed E-state index contributed by atoms with van der Waals surface area (Å²) in [6, 6.07) is 33.1. The van der Waals surface area contributed by atoms with Gasteiger partial charge in [-0.15, -0.1) is 0 Å². The van der Waals surface area contributed by atoms with Gasteiger partial charge in [-0.2, -0.15) is 52.7 Å². The maximum absolute atomic E-state index is 15.4. The van der Waals surface area contributed by atoms with Crippen molar-refractivity contribution in [3.63, 3.8) is 0 Å². The Balaban J connectivity index is 1.37. The first-order chi connectivity index (χ1) is 38.3. The van der Waals surface area contributed by atoms with Crippen LogP contribution >= 0.6 is 0 Å². The number of alkyl halides is 12. The molecule has 9 aromatic carbocycles. The summed E-state index contributed by atoms with van der Waals surface area (Å²) in [4.78, 5) is 0. The van der Waals surface area contributed by atoms with Crippen LogP contribution in [0.5, 0.6) is 0 Å². The first-order valence-corrected chi connectivity index (χ1v) is 25.2. The minimum absolute atomic E-state index is 0.0812. The van der Waals surface area contributed by atoms with Crippen LogP contribution in [0.1, 0.15) is 44.5 Å². The highest BCUT2D eigenvalue weighted by Crippen LogP contribution is 2.52. The molecule has 0 aliphatic rings. The summed E-state index contributed by atoms with van der Waals surface area (Å²) >= 11 is 0. The fraction of sp³-hybridized carbons (Fsp3) is 0.129. The lowest BCUT2D eigenvalue weighted by Crippen LogP contribution is -2.15. The topological polar surface area (TPSA) is 58.6 Å². The highest BCUT2D eigenvalue weighted by atomic mass is 19.4. The molecule has 14 aromatic rings. The Morgan fingerprint density at radius 1 is 0.272 bits per heavy atom. The van der Waals surface area contributed by atoms with E-state index in [1.165, 1.54) is 42.5 Å². The van der Waals surface area contributed by atoms with Crippen molar-refractivity contribution >= 4 is 98.3 Å². The minimum Gasteiger partial charge on any atom is -0.305 e. The van der Waals surface area contributed by atoms with Crippen molar-refractivity contribution in [2.45, 2.75) is 52.4 Å². The Labute approximate surface area is 448 Å². The molecule has 0 saturated carbocycles. The van der Waals surface area contributed by atoms with Crippen molar-refractivity contribution in [1.29, 1.82) is 0 Å². The molecular weight excluding hydrogens is 1070 g/mol. The number of rotatable bonds is 4. The van der Waals surface area contributed by atoms with E-state index in [4.69, 9.17) is 4.63 Å². The van der Waals surface area contributed by atoms with Gasteiger partial charge in [-0.25, -0.2) is 4.63 Å². The molecule has 0 spiro atoms. The van der Waals surface area contributed by atoms with Gasteiger partial charge in [-0.3, -0.25) is 0 Å². The third-order valence-electron chi connectivity index (χ3n) is 15.5. The molecule has 0 radical (unpaired) electrons. The predicted molar refractivity (Wildman–Crippen MR) is 288 cm³/mol. The van der Waals surface area contributed by atoms with Crippen molar-refractivity contribution in [3.8, 4) is 22.7 Å². The van der Waals surface area contributed by atoms with Crippen LogP contribution in [-0.2, 0) is 24.7 Å². The molecule has 0 amide bonds. The quantitative estimate of drug-likeness (QED) is 0.165. The number of benzene rings is 9. The number of halogens is 12. The molecule has 0 fully saturated rings. The minimum atomic E-state index is -4.96. The lowest BCUT2D eigenvalue weighted by atomic mass is 10.1. The highest BCUT2D eigenvalue weighted by Gasteiger charge is 2.39. The molecule has 7 nitrogen and oxygen atoms in total.